The van der Waals surface area contributed by atoms with E-state index in [9.17, 15) is 0 Å². The summed E-state index contributed by atoms with van der Waals surface area (Å²) in [6.45, 7) is 0.664. The summed E-state index contributed by atoms with van der Waals surface area (Å²) in [7, 11) is 0. The van der Waals surface area contributed by atoms with Crippen molar-refractivity contribution in [1.82, 2.24) is 20.2 Å². The van der Waals surface area contributed by atoms with Crippen LogP contribution in [0, 0.1) is 0 Å². The predicted octanol–water partition coefficient (Wildman–Crippen LogP) is 1.91. The van der Waals surface area contributed by atoms with Gasteiger partial charge in [0.25, 0.3) is 0 Å². The van der Waals surface area contributed by atoms with Crippen molar-refractivity contribution < 1.29 is 0 Å². The highest BCUT2D eigenvalue weighted by Crippen LogP contribution is 2.20. The number of hydrogen-bond donors (Lipinski definition) is 2. The predicted molar refractivity (Wildman–Crippen MR) is 74.5 cm³/mol. The Kier molecular flexibility index (Phi) is 3.20. The third-order valence-electron chi connectivity index (χ3n) is 3.01. The van der Waals surface area contributed by atoms with Gasteiger partial charge in [-0.2, -0.15) is 5.10 Å². The molecule has 0 spiro atoms. The summed E-state index contributed by atoms with van der Waals surface area (Å²) in [6, 6.07) is 9.99. The Labute approximate surface area is 110 Å². The van der Waals surface area contributed by atoms with Gasteiger partial charge >= 0.3 is 0 Å². The first-order valence-electron chi connectivity index (χ1n) is 6.33. The normalized spacial score (nSPS) is 11.0. The fraction of sp³-hybridized carbons (Fsp3) is 0.214. The first-order valence-corrected chi connectivity index (χ1v) is 6.33. The van der Waals surface area contributed by atoms with Crippen molar-refractivity contribution in [3.63, 3.8) is 0 Å². The molecule has 5 heteroatoms. The van der Waals surface area contributed by atoms with Gasteiger partial charge in [0.1, 0.15) is 5.82 Å². The Bertz CT molecular complexity index is 689. The average Bonchev–Trinajstić information content (AvgIpc) is 2.93. The van der Waals surface area contributed by atoms with E-state index >= 15 is 0 Å². The molecular weight excluding hydrogens is 238 g/mol. The number of nitrogens with one attached hydrogen (secondary N) is 1. The van der Waals surface area contributed by atoms with Crippen LogP contribution in [0.5, 0.6) is 0 Å². The Balaban J connectivity index is 1.92. The van der Waals surface area contributed by atoms with E-state index in [1.165, 1.54) is 0 Å². The van der Waals surface area contributed by atoms with E-state index in [0.717, 1.165) is 41.0 Å². The summed E-state index contributed by atoms with van der Waals surface area (Å²) in [6.07, 6.45) is 3.54. The second-order valence-corrected chi connectivity index (χ2v) is 4.41. The number of nitrogens with two attached hydrogens (primary N) is 1. The molecule has 19 heavy (non-hydrogen) atoms. The molecule has 0 atom stereocenters. The third-order valence-corrected chi connectivity index (χ3v) is 3.01. The molecule has 0 saturated heterocycles. The summed E-state index contributed by atoms with van der Waals surface area (Å²) >= 11 is 0. The summed E-state index contributed by atoms with van der Waals surface area (Å²) in [5.41, 5.74) is 7.46. The number of rotatable bonds is 4. The zero-order chi connectivity index (χ0) is 13.1. The van der Waals surface area contributed by atoms with Gasteiger partial charge in [-0.05, 0) is 37.2 Å². The molecule has 3 aromatic rings. The van der Waals surface area contributed by atoms with Crippen molar-refractivity contribution in [2.24, 2.45) is 5.73 Å². The fourth-order valence-electron chi connectivity index (χ4n) is 2.02. The van der Waals surface area contributed by atoms with E-state index in [0.29, 0.717) is 6.54 Å². The third kappa shape index (κ3) is 2.46. The van der Waals surface area contributed by atoms with E-state index in [4.69, 9.17) is 5.73 Å². The van der Waals surface area contributed by atoms with E-state index < -0.39 is 0 Å². The number of aromatic amines is 1. The molecular formula is C14H15N5. The van der Waals surface area contributed by atoms with Gasteiger partial charge < -0.3 is 5.73 Å². The second kappa shape index (κ2) is 5.16. The minimum Gasteiger partial charge on any atom is -0.330 e. The quantitative estimate of drug-likeness (QED) is 0.744. The lowest BCUT2D eigenvalue weighted by Crippen LogP contribution is -2.01. The zero-order valence-electron chi connectivity index (χ0n) is 10.5. The molecule has 1 aromatic carbocycles. The highest BCUT2D eigenvalue weighted by molar-refractivity contribution is 5.82. The first kappa shape index (κ1) is 11.8. The van der Waals surface area contributed by atoms with Gasteiger partial charge in [0.2, 0.25) is 0 Å². The average molecular weight is 253 g/mol. The Morgan fingerprint density at radius 3 is 3.05 bits per heavy atom. The topological polar surface area (TPSA) is 80.5 Å². The van der Waals surface area contributed by atoms with Crippen LogP contribution in [0.15, 0.2) is 36.5 Å². The Morgan fingerprint density at radius 2 is 2.16 bits per heavy atom. The number of nitrogens with zero attached hydrogens (tertiary/aromatic N) is 3. The molecule has 5 nitrogen and oxygen atoms in total. The maximum atomic E-state index is 5.49. The van der Waals surface area contributed by atoms with Crippen LogP contribution in [0.3, 0.4) is 0 Å². The minimum absolute atomic E-state index is 0.664. The van der Waals surface area contributed by atoms with Gasteiger partial charge in [-0.15, -0.1) is 0 Å². The molecule has 0 fully saturated rings. The smallest absolute Gasteiger partial charge is 0.181 e. The number of H-pyrrole nitrogens is 1. The van der Waals surface area contributed by atoms with E-state index in [1.807, 2.05) is 24.3 Å². The Hall–Kier alpha value is -2.27. The number of aromatic nitrogens is 4. The summed E-state index contributed by atoms with van der Waals surface area (Å²) in [5, 5.41) is 8.29. The number of hydrogen-bond acceptors (Lipinski definition) is 4. The number of aryl methyl sites for hydroxylation is 1. The van der Waals surface area contributed by atoms with Gasteiger partial charge in [-0.3, -0.25) is 10.1 Å². The van der Waals surface area contributed by atoms with Crippen LogP contribution in [-0.2, 0) is 6.42 Å². The lowest BCUT2D eigenvalue weighted by atomic mass is 10.1. The van der Waals surface area contributed by atoms with Crippen molar-refractivity contribution in [3.8, 4) is 11.4 Å². The summed E-state index contributed by atoms with van der Waals surface area (Å²) in [4.78, 5) is 8.78. The lowest BCUT2D eigenvalue weighted by molar-refractivity contribution is 0.785. The fourth-order valence-corrected chi connectivity index (χ4v) is 2.02. The maximum absolute atomic E-state index is 5.49. The molecule has 2 heterocycles. The van der Waals surface area contributed by atoms with E-state index in [-0.39, 0.29) is 0 Å². The molecule has 0 unspecified atom stereocenters. The van der Waals surface area contributed by atoms with Crippen LogP contribution in [0.2, 0.25) is 0 Å². The molecule has 0 aliphatic heterocycles. The lowest BCUT2D eigenvalue weighted by Gasteiger charge is -1.98. The van der Waals surface area contributed by atoms with Crippen molar-refractivity contribution >= 4 is 10.9 Å². The molecule has 3 rings (SSSR count). The minimum atomic E-state index is 0.664. The molecule has 0 aliphatic rings. The van der Waals surface area contributed by atoms with Gasteiger partial charge in [-0.25, -0.2) is 4.98 Å². The van der Waals surface area contributed by atoms with Crippen LogP contribution >= 0.6 is 0 Å². The molecule has 2 aromatic heterocycles. The first-order chi connectivity index (χ1) is 9.36. The molecule has 0 aliphatic carbocycles. The van der Waals surface area contributed by atoms with Crippen molar-refractivity contribution in [3.05, 3.63) is 42.4 Å². The van der Waals surface area contributed by atoms with E-state index in [1.54, 1.807) is 6.20 Å². The van der Waals surface area contributed by atoms with Gasteiger partial charge in [0, 0.05) is 23.6 Å². The highest BCUT2D eigenvalue weighted by Gasteiger charge is 2.06. The summed E-state index contributed by atoms with van der Waals surface area (Å²) < 4.78 is 0. The van der Waals surface area contributed by atoms with Crippen molar-refractivity contribution in [2.75, 3.05) is 6.54 Å². The maximum Gasteiger partial charge on any atom is 0.181 e. The van der Waals surface area contributed by atoms with Crippen LogP contribution in [0.4, 0.5) is 0 Å². The number of pyridine rings is 1. The SMILES string of the molecule is NCCCc1nc(-c2ccc3ncccc3c2)n[nH]1. The monoisotopic (exact) mass is 253 g/mol. The molecule has 0 amide bonds. The molecule has 0 saturated carbocycles. The molecule has 0 radical (unpaired) electrons. The second-order valence-electron chi connectivity index (χ2n) is 4.41. The molecule has 0 bridgehead atoms. The number of benzene rings is 1. The highest BCUT2D eigenvalue weighted by atomic mass is 15.2. The standard InChI is InChI=1S/C14H15N5/c15-7-1-4-13-17-14(19-18-13)11-5-6-12-10(9-11)3-2-8-16-12/h2-3,5-6,8-9H,1,4,7,15H2,(H,17,18,19). The summed E-state index contributed by atoms with van der Waals surface area (Å²) in [5.74, 6) is 1.60. The van der Waals surface area contributed by atoms with Crippen LogP contribution in [-0.4, -0.2) is 26.7 Å². The van der Waals surface area contributed by atoms with Gasteiger partial charge in [0.05, 0.1) is 5.52 Å². The zero-order valence-corrected chi connectivity index (χ0v) is 10.5. The molecule has 3 N–H and O–H groups in total. The van der Waals surface area contributed by atoms with Gasteiger partial charge in [-0.1, -0.05) is 6.07 Å². The van der Waals surface area contributed by atoms with Crippen LogP contribution in [0.25, 0.3) is 22.3 Å². The van der Waals surface area contributed by atoms with Crippen molar-refractivity contribution in [1.29, 1.82) is 0 Å². The van der Waals surface area contributed by atoms with Crippen LogP contribution in [0.1, 0.15) is 12.2 Å². The van der Waals surface area contributed by atoms with Crippen molar-refractivity contribution in [2.45, 2.75) is 12.8 Å². The van der Waals surface area contributed by atoms with Gasteiger partial charge in [0.15, 0.2) is 5.82 Å². The number of fused-ring (bicyclic) bond motifs is 1. The van der Waals surface area contributed by atoms with E-state index in [2.05, 4.69) is 26.2 Å². The largest absolute Gasteiger partial charge is 0.330 e. The Morgan fingerprint density at radius 1 is 1.21 bits per heavy atom. The molecule has 96 valence electrons. The van der Waals surface area contributed by atoms with Crippen LogP contribution < -0.4 is 5.73 Å².